The van der Waals surface area contributed by atoms with Gasteiger partial charge in [0.2, 0.25) is 0 Å². The molecule has 10 aromatic rings. The van der Waals surface area contributed by atoms with Gasteiger partial charge >= 0.3 is 0 Å². The van der Waals surface area contributed by atoms with Gasteiger partial charge < -0.3 is 4.42 Å². The van der Waals surface area contributed by atoms with Crippen molar-refractivity contribution in [2.75, 3.05) is 0 Å². The van der Waals surface area contributed by atoms with E-state index in [-0.39, 0.29) is 22.2 Å². The van der Waals surface area contributed by atoms with E-state index < -0.39 is 0 Å². The maximum atomic E-state index is 7.24. The van der Waals surface area contributed by atoms with Crippen molar-refractivity contribution in [2.45, 2.75) is 63.7 Å². The monoisotopic (exact) mass is 808 g/mol. The highest BCUT2D eigenvalue weighted by Gasteiger charge is 2.39. The summed E-state index contributed by atoms with van der Waals surface area (Å²) < 4.78 is 7.24. The van der Waals surface area contributed by atoms with Gasteiger partial charge in [0.15, 0.2) is 0 Å². The average Bonchev–Trinajstić information content (AvgIpc) is 3.94. The van der Waals surface area contributed by atoms with Crippen molar-refractivity contribution in [1.29, 1.82) is 0 Å². The molecule has 0 radical (unpaired) electrons. The molecule has 1 heterocycles. The molecule has 0 aliphatic heterocycles. The normalized spacial score (nSPS) is 15.7. The highest BCUT2D eigenvalue weighted by molar-refractivity contribution is 6.19. The van der Waals surface area contributed by atoms with Gasteiger partial charge in [0.05, 0.1) is 0 Å². The summed E-state index contributed by atoms with van der Waals surface area (Å²) in [7, 11) is 0. The molecule has 3 aliphatic rings. The van der Waals surface area contributed by atoms with Crippen LogP contribution in [0.15, 0.2) is 180 Å². The fourth-order valence-electron chi connectivity index (χ4n) is 12.4. The second-order valence-corrected chi connectivity index (χ2v) is 20.0. The Morgan fingerprint density at radius 1 is 0.381 bits per heavy atom. The molecule has 1 nitrogen and oxygen atoms in total. The van der Waals surface area contributed by atoms with Crippen molar-refractivity contribution in [3.8, 4) is 44.5 Å². The van der Waals surface area contributed by atoms with E-state index >= 15 is 0 Å². The van der Waals surface area contributed by atoms with Gasteiger partial charge in [-0.15, -0.1) is 0 Å². The van der Waals surface area contributed by atoms with Gasteiger partial charge in [0.25, 0.3) is 0 Å². The van der Waals surface area contributed by atoms with Crippen molar-refractivity contribution < 1.29 is 4.42 Å². The molecule has 1 heteroatoms. The molecular formula is C62H48O. The molecule has 3 aliphatic carbocycles. The first-order chi connectivity index (χ1) is 30.5. The lowest BCUT2D eigenvalue weighted by molar-refractivity contribution is 0.657. The summed E-state index contributed by atoms with van der Waals surface area (Å²) in [5.41, 5.74) is 24.1. The van der Waals surface area contributed by atoms with Gasteiger partial charge in [-0.25, -0.2) is 0 Å². The van der Waals surface area contributed by atoms with Crippen LogP contribution in [0, 0.1) is 0 Å². The summed E-state index contributed by atoms with van der Waals surface area (Å²) in [5.74, 6) is -0.0571. The summed E-state index contributed by atoms with van der Waals surface area (Å²) in [6, 6.07) is 66.6. The number of fused-ring (bicyclic) bond motifs is 13. The van der Waals surface area contributed by atoms with E-state index in [1.807, 2.05) is 0 Å². The molecule has 13 rings (SSSR count). The standard InChI is InChI=1S/C62H48O/c1-60(2)49-22-12-9-18-41(49)44-29-26-37(33-52(44)60)56(38-27-30-45-42-19-10-13-23-50(42)61(3,4)53(45)34-38)47-21-15-25-55-58(47)48-32-36-16-7-8-17-40(36)57(59(48)63-55)39-28-31-46-43-20-11-14-24-51(43)62(5,6)54(46)35-39/h7-35,56H,1-6H3. The summed E-state index contributed by atoms with van der Waals surface area (Å²) in [4.78, 5) is 0. The van der Waals surface area contributed by atoms with Crippen molar-refractivity contribution in [3.05, 3.63) is 226 Å². The predicted molar refractivity (Wildman–Crippen MR) is 263 cm³/mol. The Bertz CT molecular complexity index is 3500. The third kappa shape index (κ3) is 4.88. The Labute approximate surface area is 369 Å². The van der Waals surface area contributed by atoms with Crippen LogP contribution in [0.2, 0.25) is 0 Å². The molecule has 0 atom stereocenters. The summed E-state index contributed by atoms with van der Waals surface area (Å²) in [5, 5.41) is 4.76. The van der Waals surface area contributed by atoms with Crippen LogP contribution in [0.3, 0.4) is 0 Å². The van der Waals surface area contributed by atoms with Gasteiger partial charge in [-0.05, 0) is 118 Å². The zero-order valence-corrected chi connectivity index (χ0v) is 36.7. The van der Waals surface area contributed by atoms with E-state index in [1.165, 1.54) is 105 Å². The molecule has 0 N–H and O–H groups in total. The van der Waals surface area contributed by atoms with E-state index in [9.17, 15) is 0 Å². The average molecular weight is 809 g/mol. The zero-order valence-electron chi connectivity index (χ0n) is 36.7. The van der Waals surface area contributed by atoms with E-state index in [4.69, 9.17) is 4.42 Å². The quantitative estimate of drug-likeness (QED) is 0.161. The molecule has 302 valence electrons. The van der Waals surface area contributed by atoms with Crippen molar-refractivity contribution in [1.82, 2.24) is 0 Å². The van der Waals surface area contributed by atoms with Crippen LogP contribution < -0.4 is 0 Å². The van der Waals surface area contributed by atoms with Crippen LogP contribution >= 0.6 is 0 Å². The third-order valence-corrected chi connectivity index (χ3v) is 15.6. The maximum Gasteiger partial charge on any atom is 0.143 e. The molecule has 63 heavy (non-hydrogen) atoms. The Morgan fingerprint density at radius 2 is 0.857 bits per heavy atom. The SMILES string of the molecule is CC1(C)c2ccccc2-c2ccc(-c3c4ccccc4cc4c3oc3cccc(C(c5ccc6c(c5)C(C)(C)c5ccccc5-6)c5ccc6c(c5)C(C)(C)c5ccccc5-6)c34)cc21. The predicted octanol–water partition coefficient (Wildman–Crippen LogP) is 16.5. The lowest BCUT2D eigenvalue weighted by Crippen LogP contribution is -2.17. The number of hydrogen-bond acceptors (Lipinski definition) is 1. The number of hydrogen-bond donors (Lipinski definition) is 0. The number of rotatable bonds is 4. The Balaban J connectivity index is 1.07. The highest BCUT2D eigenvalue weighted by Crippen LogP contribution is 2.55. The number of furan rings is 1. The van der Waals surface area contributed by atoms with E-state index in [0.29, 0.717) is 0 Å². The molecule has 0 bridgehead atoms. The first-order valence-electron chi connectivity index (χ1n) is 22.6. The highest BCUT2D eigenvalue weighted by atomic mass is 16.3. The minimum atomic E-state index is -0.123. The number of benzene rings is 9. The minimum Gasteiger partial charge on any atom is -0.455 e. The van der Waals surface area contributed by atoms with Gasteiger partial charge in [-0.2, -0.15) is 0 Å². The smallest absolute Gasteiger partial charge is 0.143 e. The van der Waals surface area contributed by atoms with E-state index in [0.717, 1.165) is 22.1 Å². The summed E-state index contributed by atoms with van der Waals surface area (Å²) in [6.45, 7) is 14.3. The first kappa shape index (κ1) is 36.7. The second-order valence-electron chi connectivity index (χ2n) is 20.0. The molecular weight excluding hydrogens is 761 g/mol. The largest absolute Gasteiger partial charge is 0.455 e. The fourth-order valence-corrected chi connectivity index (χ4v) is 12.4. The van der Waals surface area contributed by atoms with Gasteiger partial charge in [0.1, 0.15) is 11.2 Å². The van der Waals surface area contributed by atoms with Crippen LogP contribution in [-0.2, 0) is 16.2 Å². The van der Waals surface area contributed by atoms with Crippen LogP contribution in [0.25, 0.3) is 77.2 Å². The first-order valence-corrected chi connectivity index (χ1v) is 22.6. The molecule has 0 spiro atoms. The molecule has 0 saturated carbocycles. The lowest BCUT2D eigenvalue weighted by atomic mass is 9.76. The Morgan fingerprint density at radius 3 is 1.43 bits per heavy atom. The second kappa shape index (κ2) is 12.6. The summed E-state index contributed by atoms with van der Waals surface area (Å²) in [6.07, 6.45) is 0. The van der Waals surface area contributed by atoms with Crippen LogP contribution in [-0.4, -0.2) is 0 Å². The lowest BCUT2D eigenvalue weighted by Gasteiger charge is -2.26. The topological polar surface area (TPSA) is 13.1 Å². The maximum absolute atomic E-state index is 7.24. The molecule has 0 fully saturated rings. The van der Waals surface area contributed by atoms with Crippen LogP contribution in [0.1, 0.15) is 97.5 Å². The van der Waals surface area contributed by atoms with E-state index in [2.05, 4.69) is 217 Å². The third-order valence-electron chi connectivity index (χ3n) is 15.6. The van der Waals surface area contributed by atoms with Gasteiger partial charge in [-0.3, -0.25) is 0 Å². The van der Waals surface area contributed by atoms with Crippen molar-refractivity contribution in [2.24, 2.45) is 0 Å². The molecule has 0 amide bonds. The molecule has 1 aromatic heterocycles. The minimum absolute atomic E-state index is 0.0571. The van der Waals surface area contributed by atoms with Gasteiger partial charge in [0, 0.05) is 38.5 Å². The van der Waals surface area contributed by atoms with Crippen LogP contribution in [0.5, 0.6) is 0 Å². The Kier molecular flexibility index (Phi) is 7.32. The van der Waals surface area contributed by atoms with Crippen LogP contribution in [0.4, 0.5) is 0 Å². The van der Waals surface area contributed by atoms with Crippen molar-refractivity contribution in [3.63, 3.8) is 0 Å². The molecule has 0 saturated heterocycles. The van der Waals surface area contributed by atoms with Crippen molar-refractivity contribution >= 4 is 32.7 Å². The van der Waals surface area contributed by atoms with E-state index in [1.54, 1.807) is 0 Å². The Hall–Kier alpha value is -6.96. The molecule has 9 aromatic carbocycles. The molecule has 0 unspecified atom stereocenters. The fraction of sp³-hybridized carbons (Fsp3) is 0.161. The zero-order chi connectivity index (χ0) is 42.6. The van der Waals surface area contributed by atoms with Gasteiger partial charge in [-0.1, -0.05) is 199 Å². The summed E-state index contributed by atoms with van der Waals surface area (Å²) >= 11 is 0.